The third-order valence-corrected chi connectivity index (χ3v) is 15.4. The van der Waals surface area contributed by atoms with Crippen molar-refractivity contribution >= 4 is 53.2 Å². The lowest BCUT2D eigenvalue weighted by Gasteiger charge is -2.09. The predicted octanol–water partition coefficient (Wildman–Crippen LogP) is 19.9. The van der Waals surface area contributed by atoms with Crippen molar-refractivity contribution in [2.24, 2.45) is 0 Å². The van der Waals surface area contributed by atoms with Gasteiger partial charge in [-0.1, -0.05) is 180 Å². The van der Waals surface area contributed by atoms with Gasteiger partial charge in [0.05, 0.1) is 6.61 Å². The summed E-state index contributed by atoms with van der Waals surface area (Å²) in [4.78, 5) is 8.86. The van der Waals surface area contributed by atoms with Gasteiger partial charge in [-0.05, 0) is 127 Å². The van der Waals surface area contributed by atoms with Crippen molar-refractivity contribution in [1.82, 2.24) is 0 Å². The van der Waals surface area contributed by atoms with E-state index < -0.39 is 0 Å². The molecule has 0 fully saturated rings. The van der Waals surface area contributed by atoms with Crippen LogP contribution in [0.2, 0.25) is 0 Å². The number of benzene rings is 3. The van der Waals surface area contributed by atoms with Gasteiger partial charge in [-0.25, -0.2) is 0 Å². The van der Waals surface area contributed by atoms with Gasteiger partial charge >= 0.3 is 0 Å². The van der Waals surface area contributed by atoms with E-state index >= 15 is 0 Å². The number of unbranched alkanes of at least 4 members (excludes halogenated alkanes) is 16. The standard InChI is InChI=1S/C28H36O.C28H40S3.CH4.B/c1-3-5-7-8-9-10-11-23-12-14-24(15-13-23)25-16-17-27-22-28(29-20-6-4-2)19-18-26(27)21-25;1-3-5-7-9-11-13-15-23-17-19-25(29-23)27-21-22-28(31-27)26-20-18-24(30-26)16-14-12-10-8-6-4-2;;/h12-19,21-22H,3-11,20H2,1-2H3;17-22H,3-16H2,1-2H3;1H4;. The first-order valence-corrected chi connectivity index (χ1v) is 26.6. The zero-order chi connectivity index (χ0) is 42.0. The number of ether oxygens (including phenoxy) is 1. The Bertz CT molecular complexity index is 1950. The van der Waals surface area contributed by atoms with Crippen LogP contribution in [0.1, 0.15) is 179 Å². The second-order valence-electron chi connectivity index (χ2n) is 16.9. The molecule has 3 radical (unpaired) electrons. The topological polar surface area (TPSA) is 9.23 Å². The van der Waals surface area contributed by atoms with Crippen molar-refractivity contribution in [3.63, 3.8) is 0 Å². The van der Waals surface area contributed by atoms with E-state index in [0.29, 0.717) is 0 Å². The van der Waals surface area contributed by atoms with E-state index in [2.05, 4.69) is 125 Å². The normalized spacial score (nSPS) is 10.9. The molecule has 0 aliphatic heterocycles. The fraction of sp³-hybridized carbons (Fsp3) is 0.509. The molecule has 0 amide bonds. The lowest BCUT2D eigenvalue weighted by molar-refractivity contribution is 0.310. The molecule has 0 saturated carbocycles. The monoisotopic (exact) mass is 888 g/mol. The first-order valence-electron chi connectivity index (χ1n) is 24.1. The summed E-state index contributed by atoms with van der Waals surface area (Å²) in [7, 11) is 0. The number of fused-ring (bicyclic) bond motifs is 1. The largest absolute Gasteiger partial charge is 0.494 e. The van der Waals surface area contributed by atoms with Gasteiger partial charge in [0.25, 0.3) is 0 Å². The lowest BCUT2D eigenvalue weighted by atomic mass is 9.98. The van der Waals surface area contributed by atoms with Crippen LogP contribution in [0, 0.1) is 0 Å². The quantitative estimate of drug-likeness (QED) is 0.0352. The molecule has 3 heterocycles. The molecule has 0 aliphatic rings. The highest BCUT2D eigenvalue weighted by Gasteiger charge is 2.10. The Labute approximate surface area is 393 Å². The highest BCUT2D eigenvalue weighted by atomic mass is 32.1. The molecule has 0 aliphatic carbocycles. The minimum Gasteiger partial charge on any atom is -0.494 e. The van der Waals surface area contributed by atoms with Gasteiger partial charge in [-0.3, -0.25) is 0 Å². The summed E-state index contributed by atoms with van der Waals surface area (Å²) in [6, 6.07) is 36.3. The number of aryl methyl sites for hydroxylation is 3. The molecule has 0 saturated heterocycles. The summed E-state index contributed by atoms with van der Waals surface area (Å²) in [6.07, 6.45) is 30.7. The van der Waals surface area contributed by atoms with Crippen LogP contribution in [0.15, 0.2) is 97.1 Å². The number of hydrogen-bond donors (Lipinski definition) is 0. The molecule has 6 rings (SSSR count). The van der Waals surface area contributed by atoms with Gasteiger partial charge in [0.1, 0.15) is 5.75 Å². The Hall–Kier alpha value is -3.12. The first-order chi connectivity index (χ1) is 29.6. The molecule has 5 heteroatoms. The minimum atomic E-state index is 0. The van der Waals surface area contributed by atoms with Gasteiger partial charge in [-0.15, -0.1) is 34.0 Å². The molecule has 6 aromatic rings. The van der Waals surface area contributed by atoms with E-state index in [1.165, 1.54) is 182 Å². The Balaban J connectivity index is 0.000000321. The van der Waals surface area contributed by atoms with Gasteiger partial charge in [0, 0.05) is 37.7 Å². The molecule has 3 aromatic carbocycles. The SMILES string of the molecule is C.CCCCCCCCc1ccc(-c2ccc(-c3ccc(CCCCCCCC)s3)s2)s1.CCCCCCCCc1ccc(-c2ccc3cc(OCCCC)ccc3c2)cc1.[B]. The third kappa shape index (κ3) is 18.9. The van der Waals surface area contributed by atoms with Gasteiger partial charge in [0.2, 0.25) is 0 Å². The van der Waals surface area contributed by atoms with E-state index in [0.717, 1.165) is 25.2 Å². The lowest BCUT2D eigenvalue weighted by Crippen LogP contribution is -1.96. The molecule has 0 unspecified atom stereocenters. The molecule has 3 aromatic heterocycles. The molecule has 0 bridgehead atoms. The van der Waals surface area contributed by atoms with Crippen molar-refractivity contribution in [3.8, 4) is 36.4 Å². The summed E-state index contributed by atoms with van der Waals surface area (Å²) in [6.45, 7) is 9.84. The average molecular weight is 888 g/mol. The molecule has 335 valence electrons. The van der Waals surface area contributed by atoms with Gasteiger partial charge < -0.3 is 4.74 Å². The Kier molecular flexibility index (Phi) is 27.2. The number of thiophene rings is 3. The molecular weight excluding hydrogens is 808 g/mol. The van der Waals surface area contributed by atoms with Crippen molar-refractivity contribution in [2.45, 2.75) is 183 Å². The Morgan fingerprint density at radius 2 is 0.790 bits per heavy atom. The Morgan fingerprint density at radius 1 is 0.371 bits per heavy atom. The van der Waals surface area contributed by atoms with Crippen LogP contribution in [0.4, 0.5) is 0 Å². The van der Waals surface area contributed by atoms with E-state index in [4.69, 9.17) is 4.74 Å². The summed E-state index contributed by atoms with van der Waals surface area (Å²) < 4.78 is 5.84. The minimum absolute atomic E-state index is 0. The summed E-state index contributed by atoms with van der Waals surface area (Å²) >= 11 is 5.96. The van der Waals surface area contributed by atoms with Crippen LogP contribution in [-0.2, 0) is 19.3 Å². The molecule has 0 spiro atoms. The van der Waals surface area contributed by atoms with Crippen LogP contribution < -0.4 is 4.74 Å². The fourth-order valence-corrected chi connectivity index (χ4v) is 11.1. The van der Waals surface area contributed by atoms with E-state index in [9.17, 15) is 0 Å². The van der Waals surface area contributed by atoms with Crippen LogP contribution >= 0.6 is 34.0 Å². The van der Waals surface area contributed by atoms with Gasteiger partial charge in [0.15, 0.2) is 0 Å². The van der Waals surface area contributed by atoms with Crippen molar-refractivity contribution in [3.05, 3.63) is 112 Å². The van der Waals surface area contributed by atoms with Crippen molar-refractivity contribution < 1.29 is 4.74 Å². The van der Waals surface area contributed by atoms with Crippen LogP contribution in [0.5, 0.6) is 5.75 Å². The Morgan fingerprint density at radius 3 is 1.32 bits per heavy atom. The summed E-state index contributed by atoms with van der Waals surface area (Å²) in [5.74, 6) is 0.970. The molecular formula is C57H80BOS3. The third-order valence-electron chi connectivity index (χ3n) is 11.7. The highest BCUT2D eigenvalue weighted by Crippen LogP contribution is 2.40. The zero-order valence-corrected chi connectivity index (χ0v) is 40.9. The maximum atomic E-state index is 5.84. The van der Waals surface area contributed by atoms with E-state index in [1.54, 1.807) is 9.75 Å². The van der Waals surface area contributed by atoms with Gasteiger partial charge in [-0.2, -0.15) is 0 Å². The second-order valence-corrected chi connectivity index (χ2v) is 20.3. The number of rotatable bonds is 28. The van der Waals surface area contributed by atoms with Crippen molar-refractivity contribution in [1.29, 1.82) is 0 Å². The van der Waals surface area contributed by atoms with E-state index in [1.807, 2.05) is 34.0 Å². The van der Waals surface area contributed by atoms with Crippen molar-refractivity contribution in [2.75, 3.05) is 6.61 Å². The summed E-state index contributed by atoms with van der Waals surface area (Å²) in [5, 5.41) is 2.50. The first kappa shape index (κ1) is 53.2. The molecule has 0 atom stereocenters. The van der Waals surface area contributed by atoms with Crippen LogP contribution in [0.25, 0.3) is 41.4 Å². The molecule has 0 N–H and O–H groups in total. The fourth-order valence-electron chi connectivity index (χ4n) is 7.85. The second kappa shape index (κ2) is 31.7. The average Bonchev–Trinajstić information content (AvgIpc) is 4.07. The maximum absolute atomic E-state index is 5.84. The smallest absolute Gasteiger partial charge is 0.119 e. The summed E-state index contributed by atoms with van der Waals surface area (Å²) in [5.41, 5.74) is 4.03. The predicted molar refractivity (Wildman–Crippen MR) is 284 cm³/mol. The van der Waals surface area contributed by atoms with Crippen LogP contribution in [-0.4, -0.2) is 15.0 Å². The number of hydrogen-bond acceptors (Lipinski definition) is 4. The molecule has 62 heavy (non-hydrogen) atoms. The maximum Gasteiger partial charge on any atom is 0.119 e. The van der Waals surface area contributed by atoms with E-state index in [-0.39, 0.29) is 15.8 Å². The van der Waals surface area contributed by atoms with Crippen LogP contribution in [0.3, 0.4) is 0 Å². The molecule has 1 nitrogen and oxygen atoms in total. The zero-order valence-electron chi connectivity index (χ0n) is 38.4. The highest BCUT2D eigenvalue weighted by molar-refractivity contribution is 7.26.